The number of amides is 1. The third kappa shape index (κ3) is 4.39. The van der Waals surface area contributed by atoms with Crippen molar-refractivity contribution in [2.75, 3.05) is 23.7 Å². The number of nitrogen functional groups attached to an aromatic ring is 1. The SMILES string of the molecule is Cc1cnc(C(=O)N2CC[C@H](N(Cc3ccccc3)c3ccc(N)c(Cl)c3)C2)cn1. The van der Waals surface area contributed by atoms with Crippen molar-refractivity contribution in [1.82, 2.24) is 14.9 Å². The normalized spacial score (nSPS) is 15.9. The smallest absolute Gasteiger partial charge is 0.274 e. The Kier molecular flexibility index (Phi) is 5.86. The Morgan fingerprint density at radius 3 is 2.70 bits per heavy atom. The van der Waals surface area contributed by atoms with Gasteiger partial charge in [-0.3, -0.25) is 9.78 Å². The molecule has 1 fully saturated rings. The number of halogens is 1. The standard InChI is InChI=1S/C23H24ClN5O/c1-16-12-27-22(13-26-16)23(30)28-10-9-19(15-28)29(14-17-5-3-2-4-6-17)18-7-8-21(25)20(24)11-18/h2-8,11-13,19H,9-10,14-15,25H2,1H3/t19-/m0/s1. The van der Waals surface area contributed by atoms with Crippen molar-refractivity contribution in [3.63, 3.8) is 0 Å². The van der Waals surface area contributed by atoms with Crippen molar-refractivity contribution >= 4 is 28.9 Å². The molecule has 6 nitrogen and oxygen atoms in total. The summed E-state index contributed by atoms with van der Waals surface area (Å²) >= 11 is 6.31. The van der Waals surface area contributed by atoms with Gasteiger partial charge in [0.2, 0.25) is 0 Å². The van der Waals surface area contributed by atoms with Crippen LogP contribution in [0, 0.1) is 6.92 Å². The summed E-state index contributed by atoms with van der Waals surface area (Å²) in [5.74, 6) is -0.0833. The summed E-state index contributed by atoms with van der Waals surface area (Å²) in [7, 11) is 0. The van der Waals surface area contributed by atoms with E-state index in [4.69, 9.17) is 17.3 Å². The van der Waals surface area contributed by atoms with E-state index in [1.54, 1.807) is 12.4 Å². The molecule has 7 heteroatoms. The third-order valence-corrected chi connectivity index (χ3v) is 5.73. The second-order valence-electron chi connectivity index (χ2n) is 7.56. The van der Waals surface area contributed by atoms with Crippen molar-refractivity contribution in [2.45, 2.75) is 25.9 Å². The Labute approximate surface area is 181 Å². The third-order valence-electron chi connectivity index (χ3n) is 5.40. The maximum atomic E-state index is 12.9. The van der Waals surface area contributed by atoms with Crippen LogP contribution in [0.1, 0.15) is 28.2 Å². The second kappa shape index (κ2) is 8.71. The lowest BCUT2D eigenvalue weighted by Gasteiger charge is -2.32. The van der Waals surface area contributed by atoms with Crippen molar-refractivity contribution in [1.29, 1.82) is 0 Å². The maximum absolute atomic E-state index is 12.9. The van der Waals surface area contributed by atoms with E-state index in [1.807, 2.05) is 48.2 Å². The van der Waals surface area contributed by atoms with Crippen LogP contribution in [-0.2, 0) is 6.54 Å². The number of carbonyl (C=O) groups excluding carboxylic acids is 1. The van der Waals surface area contributed by atoms with E-state index in [1.165, 1.54) is 5.56 Å². The van der Waals surface area contributed by atoms with Crippen LogP contribution >= 0.6 is 11.6 Å². The molecule has 0 spiro atoms. The summed E-state index contributed by atoms with van der Waals surface area (Å²) in [4.78, 5) is 25.5. The Morgan fingerprint density at radius 2 is 2.00 bits per heavy atom. The molecule has 2 heterocycles. The topological polar surface area (TPSA) is 75.4 Å². The average molecular weight is 422 g/mol. The molecule has 1 amide bonds. The van der Waals surface area contributed by atoms with Crippen LogP contribution in [0.3, 0.4) is 0 Å². The molecule has 0 radical (unpaired) electrons. The summed E-state index contributed by atoms with van der Waals surface area (Å²) < 4.78 is 0. The number of benzene rings is 2. The number of aryl methyl sites for hydroxylation is 1. The molecule has 154 valence electrons. The van der Waals surface area contributed by atoms with Crippen LogP contribution in [0.2, 0.25) is 5.02 Å². The molecule has 2 N–H and O–H groups in total. The van der Waals surface area contributed by atoms with Crippen LogP contribution in [0.25, 0.3) is 0 Å². The highest BCUT2D eigenvalue weighted by molar-refractivity contribution is 6.33. The molecule has 1 aromatic heterocycles. The molecule has 2 aromatic carbocycles. The van der Waals surface area contributed by atoms with Gasteiger partial charge in [0.25, 0.3) is 5.91 Å². The van der Waals surface area contributed by atoms with Gasteiger partial charge in [-0.25, -0.2) is 4.98 Å². The molecule has 3 aromatic rings. The summed E-state index contributed by atoms with van der Waals surface area (Å²) in [6.45, 7) is 3.86. The lowest BCUT2D eigenvalue weighted by atomic mass is 10.1. The molecule has 0 aliphatic carbocycles. The number of likely N-dealkylation sites (tertiary alicyclic amines) is 1. The van der Waals surface area contributed by atoms with Crippen molar-refractivity contribution in [3.05, 3.63) is 82.9 Å². The molecule has 0 saturated carbocycles. The summed E-state index contributed by atoms with van der Waals surface area (Å²) in [6, 6.07) is 16.1. The van der Waals surface area contributed by atoms with Crippen molar-refractivity contribution < 1.29 is 4.79 Å². The van der Waals surface area contributed by atoms with Gasteiger partial charge < -0.3 is 15.5 Å². The number of carbonyl (C=O) groups is 1. The molecule has 0 unspecified atom stereocenters. The van der Waals surface area contributed by atoms with Gasteiger partial charge in [0.1, 0.15) is 5.69 Å². The molecule has 1 aliphatic heterocycles. The van der Waals surface area contributed by atoms with Crippen LogP contribution in [0.4, 0.5) is 11.4 Å². The predicted octanol–water partition coefficient (Wildman–Crippen LogP) is 3.94. The first kappa shape index (κ1) is 20.2. The molecule has 1 saturated heterocycles. The molecular formula is C23H24ClN5O. The monoisotopic (exact) mass is 421 g/mol. The minimum absolute atomic E-state index is 0.0833. The van der Waals surface area contributed by atoms with E-state index in [2.05, 4.69) is 27.0 Å². The van der Waals surface area contributed by atoms with Gasteiger partial charge in [-0.2, -0.15) is 0 Å². The number of rotatable bonds is 5. The highest BCUT2D eigenvalue weighted by Gasteiger charge is 2.32. The van der Waals surface area contributed by atoms with Gasteiger partial charge in [-0.05, 0) is 37.1 Å². The van der Waals surface area contributed by atoms with Gasteiger partial charge in [0.05, 0.1) is 22.6 Å². The fourth-order valence-electron chi connectivity index (χ4n) is 3.75. The quantitative estimate of drug-likeness (QED) is 0.631. The minimum Gasteiger partial charge on any atom is -0.398 e. The Bertz CT molecular complexity index is 1030. The summed E-state index contributed by atoms with van der Waals surface area (Å²) in [5.41, 5.74) is 9.83. The highest BCUT2D eigenvalue weighted by Crippen LogP contribution is 2.30. The minimum atomic E-state index is -0.0833. The first-order valence-corrected chi connectivity index (χ1v) is 10.3. The van der Waals surface area contributed by atoms with Gasteiger partial charge in [-0.15, -0.1) is 0 Å². The average Bonchev–Trinajstić information content (AvgIpc) is 3.25. The zero-order valence-electron chi connectivity index (χ0n) is 16.8. The van der Waals surface area contributed by atoms with E-state index < -0.39 is 0 Å². The molecule has 1 atom stereocenters. The molecule has 4 rings (SSSR count). The summed E-state index contributed by atoms with van der Waals surface area (Å²) in [6.07, 6.45) is 4.03. The van der Waals surface area contributed by atoms with Gasteiger partial charge in [0, 0.05) is 37.6 Å². The fraction of sp³-hybridized carbons (Fsp3) is 0.261. The molecule has 30 heavy (non-hydrogen) atoms. The fourth-order valence-corrected chi connectivity index (χ4v) is 3.93. The van der Waals surface area contributed by atoms with E-state index in [9.17, 15) is 4.79 Å². The lowest BCUT2D eigenvalue weighted by Crippen LogP contribution is -2.39. The summed E-state index contributed by atoms with van der Waals surface area (Å²) in [5, 5.41) is 0.534. The first-order valence-electron chi connectivity index (χ1n) is 9.95. The van der Waals surface area contributed by atoms with Crippen molar-refractivity contribution in [3.8, 4) is 0 Å². The van der Waals surface area contributed by atoms with Crippen molar-refractivity contribution in [2.24, 2.45) is 0 Å². The Balaban J connectivity index is 1.57. The van der Waals surface area contributed by atoms with Crippen LogP contribution in [0.15, 0.2) is 60.9 Å². The maximum Gasteiger partial charge on any atom is 0.274 e. The van der Waals surface area contributed by atoms with E-state index in [0.29, 0.717) is 29.5 Å². The van der Waals surface area contributed by atoms with E-state index in [0.717, 1.165) is 24.3 Å². The van der Waals surface area contributed by atoms with Gasteiger partial charge in [0.15, 0.2) is 0 Å². The second-order valence-corrected chi connectivity index (χ2v) is 7.96. The van der Waals surface area contributed by atoms with Gasteiger partial charge >= 0.3 is 0 Å². The van der Waals surface area contributed by atoms with Crippen LogP contribution in [0.5, 0.6) is 0 Å². The van der Waals surface area contributed by atoms with E-state index in [-0.39, 0.29) is 11.9 Å². The number of nitrogens with two attached hydrogens (primary N) is 1. The highest BCUT2D eigenvalue weighted by atomic mass is 35.5. The molecular weight excluding hydrogens is 398 g/mol. The van der Waals surface area contributed by atoms with Gasteiger partial charge in [-0.1, -0.05) is 41.9 Å². The largest absolute Gasteiger partial charge is 0.398 e. The number of hydrogen-bond donors (Lipinski definition) is 1. The lowest BCUT2D eigenvalue weighted by molar-refractivity contribution is 0.0784. The van der Waals surface area contributed by atoms with Crippen LogP contribution in [-0.4, -0.2) is 39.9 Å². The van der Waals surface area contributed by atoms with Crippen LogP contribution < -0.4 is 10.6 Å². The number of nitrogens with zero attached hydrogens (tertiary/aromatic N) is 4. The van der Waals surface area contributed by atoms with E-state index >= 15 is 0 Å². The zero-order chi connectivity index (χ0) is 21.1. The molecule has 0 bridgehead atoms. The predicted molar refractivity (Wildman–Crippen MR) is 120 cm³/mol. The Morgan fingerprint density at radius 1 is 1.20 bits per heavy atom. The first-order chi connectivity index (χ1) is 14.5. The number of anilines is 2. The zero-order valence-corrected chi connectivity index (χ0v) is 17.6. The molecule has 1 aliphatic rings. The number of aromatic nitrogens is 2. The Hall–Kier alpha value is -3.12. The number of hydrogen-bond acceptors (Lipinski definition) is 5.